The molecular formula is C19H17N5O2. The molecule has 0 saturated carbocycles. The van der Waals surface area contributed by atoms with E-state index in [4.69, 9.17) is 0 Å². The topological polar surface area (TPSA) is 80.8 Å². The molecule has 1 N–H and O–H groups in total. The fourth-order valence-electron chi connectivity index (χ4n) is 2.85. The average Bonchev–Trinajstić information content (AvgIpc) is 3.05. The van der Waals surface area contributed by atoms with E-state index in [0.717, 1.165) is 16.9 Å². The van der Waals surface area contributed by atoms with Gasteiger partial charge in [0, 0.05) is 37.8 Å². The van der Waals surface area contributed by atoms with Crippen LogP contribution in [0.2, 0.25) is 0 Å². The molecule has 0 radical (unpaired) electrons. The van der Waals surface area contributed by atoms with Crippen molar-refractivity contribution in [2.75, 3.05) is 6.54 Å². The molecule has 0 unspecified atom stereocenters. The summed E-state index contributed by atoms with van der Waals surface area (Å²) in [6.07, 6.45) is 7.44. The highest BCUT2D eigenvalue weighted by Crippen LogP contribution is 2.05. The number of pyridine rings is 2. The minimum Gasteiger partial charge on any atom is -0.351 e. The average molecular weight is 347 g/mol. The van der Waals surface area contributed by atoms with Gasteiger partial charge >= 0.3 is 0 Å². The Kier molecular flexibility index (Phi) is 3.96. The summed E-state index contributed by atoms with van der Waals surface area (Å²) >= 11 is 0. The van der Waals surface area contributed by atoms with Crippen molar-refractivity contribution in [3.05, 3.63) is 82.3 Å². The van der Waals surface area contributed by atoms with Gasteiger partial charge in [-0.25, -0.2) is 9.97 Å². The molecule has 0 fully saturated rings. The number of nitrogens with zero attached hydrogens (tertiary/aromatic N) is 4. The molecular weight excluding hydrogens is 330 g/mol. The van der Waals surface area contributed by atoms with Crippen LogP contribution in [0.25, 0.3) is 11.3 Å². The Hall–Kier alpha value is -3.48. The lowest BCUT2D eigenvalue weighted by Gasteiger charge is -2.06. The van der Waals surface area contributed by atoms with Crippen molar-refractivity contribution in [3.8, 4) is 0 Å². The highest BCUT2D eigenvalue weighted by Gasteiger charge is 2.13. The van der Waals surface area contributed by atoms with Gasteiger partial charge in [0.15, 0.2) is 0 Å². The Morgan fingerprint density at radius 3 is 2.88 bits per heavy atom. The Morgan fingerprint density at radius 2 is 2.04 bits per heavy atom. The van der Waals surface area contributed by atoms with Crippen molar-refractivity contribution in [2.45, 2.75) is 13.3 Å². The fourth-order valence-corrected chi connectivity index (χ4v) is 2.85. The van der Waals surface area contributed by atoms with Gasteiger partial charge in [-0.05, 0) is 30.7 Å². The molecule has 4 rings (SSSR count). The zero-order valence-corrected chi connectivity index (χ0v) is 14.2. The minimum atomic E-state index is -0.429. The zero-order chi connectivity index (χ0) is 18.1. The van der Waals surface area contributed by atoms with E-state index in [2.05, 4.69) is 15.3 Å². The third kappa shape index (κ3) is 2.95. The van der Waals surface area contributed by atoms with E-state index in [0.29, 0.717) is 18.6 Å². The van der Waals surface area contributed by atoms with E-state index in [1.165, 1.54) is 10.6 Å². The lowest BCUT2D eigenvalue weighted by Crippen LogP contribution is -2.32. The van der Waals surface area contributed by atoms with Gasteiger partial charge < -0.3 is 9.72 Å². The predicted molar refractivity (Wildman–Crippen MR) is 97.4 cm³/mol. The zero-order valence-electron chi connectivity index (χ0n) is 14.2. The number of carbonyl (C=O) groups excluding carboxylic acids is 1. The maximum absolute atomic E-state index is 12.5. The third-order valence-electron chi connectivity index (χ3n) is 4.18. The number of aryl methyl sites for hydroxylation is 1. The Labute approximate surface area is 149 Å². The lowest BCUT2D eigenvalue weighted by molar-refractivity contribution is 0.0952. The molecule has 0 saturated heterocycles. The number of fused-ring (bicyclic) bond motifs is 2. The number of hydrogen-bond donors (Lipinski definition) is 1. The van der Waals surface area contributed by atoms with E-state index in [1.807, 2.05) is 48.0 Å². The highest BCUT2D eigenvalue weighted by molar-refractivity contribution is 5.93. The summed E-state index contributed by atoms with van der Waals surface area (Å²) in [6.45, 7) is 2.27. The van der Waals surface area contributed by atoms with Crippen LogP contribution >= 0.6 is 0 Å². The summed E-state index contributed by atoms with van der Waals surface area (Å²) in [6, 6.07) is 9.40. The molecule has 0 aliphatic heterocycles. The Balaban J connectivity index is 1.48. The van der Waals surface area contributed by atoms with Crippen LogP contribution in [0.4, 0.5) is 0 Å². The monoisotopic (exact) mass is 347 g/mol. The quantitative estimate of drug-likeness (QED) is 0.608. The summed E-state index contributed by atoms with van der Waals surface area (Å²) in [4.78, 5) is 33.6. The van der Waals surface area contributed by atoms with Gasteiger partial charge in [0.1, 0.15) is 16.9 Å². The van der Waals surface area contributed by atoms with Crippen LogP contribution in [0.3, 0.4) is 0 Å². The molecule has 130 valence electrons. The van der Waals surface area contributed by atoms with Crippen molar-refractivity contribution in [1.82, 2.24) is 24.1 Å². The molecule has 0 aromatic carbocycles. The van der Waals surface area contributed by atoms with Crippen LogP contribution in [0, 0.1) is 6.92 Å². The molecule has 7 nitrogen and oxygen atoms in total. The molecule has 0 spiro atoms. The van der Waals surface area contributed by atoms with Crippen molar-refractivity contribution in [2.24, 2.45) is 0 Å². The number of aromatic nitrogens is 4. The van der Waals surface area contributed by atoms with Crippen LogP contribution in [0.5, 0.6) is 0 Å². The van der Waals surface area contributed by atoms with Gasteiger partial charge in [-0.3, -0.25) is 14.0 Å². The summed E-state index contributed by atoms with van der Waals surface area (Å²) in [5.41, 5.74) is 2.83. The molecule has 4 aromatic rings. The van der Waals surface area contributed by atoms with Crippen molar-refractivity contribution >= 4 is 17.2 Å². The molecule has 4 heterocycles. The first-order valence-corrected chi connectivity index (χ1v) is 8.31. The summed E-state index contributed by atoms with van der Waals surface area (Å²) in [5.74, 6) is -0.429. The number of nitrogens with one attached hydrogen (secondary N) is 1. The van der Waals surface area contributed by atoms with Crippen LogP contribution < -0.4 is 10.9 Å². The van der Waals surface area contributed by atoms with E-state index in [9.17, 15) is 9.59 Å². The first-order valence-electron chi connectivity index (χ1n) is 8.31. The van der Waals surface area contributed by atoms with Crippen molar-refractivity contribution < 1.29 is 4.79 Å². The van der Waals surface area contributed by atoms with Gasteiger partial charge in [0.2, 0.25) is 0 Å². The molecule has 0 aliphatic carbocycles. The van der Waals surface area contributed by atoms with E-state index < -0.39 is 5.91 Å². The summed E-state index contributed by atoms with van der Waals surface area (Å²) < 4.78 is 3.32. The Bertz CT molecular complexity index is 1140. The maximum atomic E-state index is 12.5. The third-order valence-corrected chi connectivity index (χ3v) is 4.18. The second-order valence-electron chi connectivity index (χ2n) is 6.12. The summed E-state index contributed by atoms with van der Waals surface area (Å²) in [5, 5.41) is 2.77. The number of hydrogen-bond acceptors (Lipinski definition) is 4. The van der Waals surface area contributed by atoms with Gasteiger partial charge in [0.05, 0.1) is 5.69 Å². The van der Waals surface area contributed by atoms with Crippen LogP contribution in [0.15, 0.2) is 59.9 Å². The number of rotatable bonds is 4. The second kappa shape index (κ2) is 6.44. The molecule has 26 heavy (non-hydrogen) atoms. The molecule has 0 aliphatic rings. The Morgan fingerprint density at radius 1 is 1.15 bits per heavy atom. The standard InChI is InChI=1S/C19H17N5O2/c1-13-5-6-16-21-10-15(19(26)24(16)11-13)18(25)20-8-7-14-12-23-9-3-2-4-17(23)22-14/h2-6,9-12H,7-8H2,1H3,(H,20,25). The molecule has 0 bridgehead atoms. The summed E-state index contributed by atoms with van der Waals surface area (Å²) in [7, 11) is 0. The van der Waals surface area contributed by atoms with Crippen LogP contribution in [-0.2, 0) is 6.42 Å². The van der Waals surface area contributed by atoms with Gasteiger partial charge in [0.25, 0.3) is 11.5 Å². The normalized spacial score (nSPS) is 11.1. The van der Waals surface area contributed by atoms with Gasteiger partial charge in [-0.1, -0.05) is 12.1 Å². The largest absolute Gasteiger partial charge is 0.351 e. The SMILES string of the molecule is Cc1ccc2ncc(C(=O)NCCc3cn4ccccc4n3)c(=O)n2c1. The molecule has 7 heteroatoms. The number of imidazole rings is 1. The highest BCUT2D eigenvalue weighted by atomic mass is 16.2. The maximum Gasteiger partial charge on any atom is 0.270 e. The van der Waals surface area contributed by atoms with E-state index >= 15 is 0 Å². The van der Waals surface area contributed by atoms with Crippen molar-refractivity contribution in [1.29, 1.82) is 0 Å². The van der Waals surface area contributed by atoms with E-state index in [-0.39, 0.29) is 11.1 Å². The molecule has 0 atom stereocenters. The predicted octanol–water partition coefficient (Wildman–Crippen LogP) is 1.62. The first-order chi connectivity index (χ1) is 12.6. The lowest BCUT2D eigenvalue weighted by atomic mass is 10.2. The van der Waals surface area contributed by atoms with E-state index in [1.54, 1.807) is 12.3 Å². The number of carbonyl (C=O) groups is 1. The molecule has 1 amide bonds. The van der Waals surface area contributed by atoms with Crippen LogP contribution in [-0.4, -0.2) is 31.2 Å². The van der Waals surface area contributed by atoms with Gasteiger partial charge in [-0.15, -0.1) is 0 Å². The minimum absolute atomic E-state index is 0.0306. The second-order valence-corrected chi connectivity index (χ2v) is 6.12. The van der Waals surface area contributed by atoms with Gasteiger partial charge in [-0.2, -0.15) is 0 Å². The smallest absolute Gasteiger partial charge is 0.270 e. The fraction of sp³-hybridized carbons (Fsp3) is 0.158. The van der Waals surface area contributed by atoms with Crippen molar-refractivity contribution in [3.63, 3.8) is 0 Å². The molecule has 4 aromatic heterocycles. The first kappa shape index (κ1) is 16.0. The van der Waals surface area contributed by atoms with Crippen LogP contribution in [0.1, 0.15) is 21.6 Å². The number of amides is 1.